The highest BCUT2D eigenvalue weighted by atomic mass is 16.5. The summed E-state index contributed by atoms with van der Waals surface area (Å²) in [5.41, 5.74) is 1.06. The quantitative estimate of drug-likeness (QED) is 0.520. The van der Waals surface area contributed by atoms with E-state index in [1.54, 1.807) is 18.5 Å². The van der Waals surface area contributed by atoms with Crippen LogP contribution in [0.2, 0.25) is 0 Å². The largest absolute Gasteiger partial charge is 0.489 e. The van der Waals surface area contributed by atoms with Gasteiger partial charge in [-0.15, -0.1) is 0 Å². The van der Waals surface area contributed by atoms with Gasteiger partial charge in [0, 0.05) is 18.0 Å². The minimum Gasteiger partial charge on any atom is -0.489 e. The Bertz CT molecular complexity index is 379. The summed E-state index contributed by atoms with van der Waals surface area (Å²) in [4.78, 5) is 4.05. The summed E-state index contributed by atoms with van der Waals surface area (Å²) in [7, 11) is 0. The van der Waals surface area contributed by atoms with Crippen molar-refractivity contribution in [1.29, 1.82) is 0 Å². The first-order chi connectivity index (χ1) is 8.36. The average molecular weight is 229 g/mol. The summed E-state index contributed by atoms with van der Waals surface area (Å²) in [5, 5.41) is 0. The molecule has 0 radical (unpaired) electrons. The zero-order valence-corrected chi connectivity index (χ0v) is 10.3. The van der Waals surface area contributed by atoms with Gasteiger partial charge < -0.3 is 4.74 Å². The molecule has 0 aliphatic rings. The summed E-state index contributed by atoms with van der Waals surface area (Å²) < 4.78 is 5.68. The summed E-state index contributed by atoms with van der Waals surface area (Å²) in [6.45, 7) is 6.36. The van der Waals surface area contributed by atoms with Gasteiger partial charge in [0.05, 0.1) is 0 Å². The van der Waals surface area contributed by atoms with Gasteiger partial charge >= 0.3 is 0 Å². The summed E-state index contributed by atoms with van der Waals surface area (Å²) >= 11 is 0. The molecule has 0 unspecified atom stereocenters. The second-order valence-electron chi connectivity index (χ2n) is 3.65. The number of unbranched alkanes of at least 4 members (excludes halogenated alkanes) is 1. The molecule has 17 heavy (non-hydrogen) atoms. The second kappa shape index (κ2) is 8.34. The molecule has 0 aliphatic carbocycles. The van der Waals surface area contributed by atoms with Gasteiger partial charge in [0.25, 0.3) is 0 Å². The van der Waals surface area contributed by atoms with Crippen LogP contribution in [-0.2, 0) is 11.3 Å². The maximum Gasteiger partial charge on any atom is 0.119 e. The van der Waals surface area contributed by atoms with E-state index >= 15 is 0 Å². The molecule has 0 aliphatic heterocycles. The average Bonchev–Trinajstić information content (AvgIpc) is 2.37. The van der Waals surface area contributed by atoms with Crippen molar-refractivity contribution in [3.8, 4) is 0 Å². The van der Waals surface area contributed by atoms with Gasteiger partial charge in [0.2, 0.25) is 0 Å². The van der Waals surface area contributed by atoms with E-state index in [-0.39, 0.29) is 0 Å². The third-order valence-electron chi connectivity index (χ3n) is 2.15. The first-order valence-corrected chi connectivity index (χ1v) is 5.87. The molecule has 0 amide bonds. The Morgan fingerprint density at radius 1 is 1.53 bits per heavy atom. The molecule has 1 rings (SSSR count). The van der Waals surface area contributed by atoms with E-state index in [0.29, 0.717) is 6.61 Å². The van der Waals surface area contributed by atoms with Crippen molar-refractivity contribution < 1.29 is 4.74 Å². The van der Waals surface area contributed by atoms with Crippen molar-refractivity contribution in [2.75, 3.05) is 0 Å². The van der Waals surface area contributed by atoms with Gasteiger partial charge in [-0.05, 0) is 24.6 Å². The smallest absolute Gasteiger partial charge is 0.119 e. The summed E-state index contributed by atoms with van der Waals surface area (Å²) in [6, 6.07) is 3.90. The van der Waals surface area contributed by atoms with Crippen molar-refractivity contribution in [3.05, 3.63) is 66.7 Å². The molecule has 0 spiro atoms. The predicted octanol–water partition coefficient (Wildman–Crippen LogP) is 4.02. The third kappa shape index (κ3) is 5.71. The van der Waals surface area contributed by atoms with Crippen LogP contribution in [0.3, 0.4) is 0 Å². The van der Waals surface area contributed by atoms with Crippen molar-refractivity contribution in [1.82, 2.24) is 4.98 Å². The molecule has 2 nitrogen and oxygen atoms in total. The lowest BCUT2D eigenvalue weighted by Crippen LogP contribution is -1.92. The van der Waals surface area contributed by atoms with Crippen LogP contribution in [0.5, 0.6) is 0 Å². The minimum atomic E-state index is 0.532. The predicted molar refractivity (Wildman–Crippen MR) is 71.4 cm³/mol. The second-order valence-corrected chi connectivity index (χ2v) is 3.65. The zero-order valence-electron chi connectivity index (χ0n) is 10.3. The molecule has 0 aromatic carbocycles. The topological polar surface area (TPSA) is 22.1 Å². The van der Waals surface area contributed by atoms with E-state index in [1.807, 2.05) is 24.3 Å². The molecule has 0 bridgehead atoms. The Kier molecular flexibility index (Phi) is 6.49. The fourth-order valence-electron chi connectivity index (χ4n) is 1.28. The molecule has 0 fully saturated rings. The molecule has 0 N–H and O–H groups in total. The molecule has 1 aromatic rings. The number of nitrogens with zero attached hydrogens (tertiary/aromatic N) is 1. The van der Waals surface area contributed by atoms with Crippen LogP contribution in [0.1, 0.15) is 25.3 Å². The Morgan fingerprint density at radius 2 is 2.41 bits per heavy atom. The molecular weight excluding hydrogens is 210 g/mol. The highest BCUT2D eigenvalue weighted by molar-refractivity contribution is 5.18. The molecular formula is C15H19NO. The molecule has 2 heteroatoms. The van der Waals surface area contributed by atoms with Gasteiger partial charge in [-0.25, -0.2) is 0 Å². The highest BCUT2D eigenvalue weighted by Crippen LogP contribution is 2.07. The third-order valence-corrected chi connectivity index (χ3v) is 2.15. The van der Waals surface area contributed by atoms with E-state index in [0.717, 1.165) is 24.2 Å². The lowest BCUT2D eigenvalue weighted by Gasteiger charge is -2.06. The fraction of sp³-hybridized carbons (Fsp3) is 0.267. The molecule has 1 heterocycles. The zero-order chi connectivity index (χ0) is 12.3. The van der Waals surface area contributed by atoms with Crippen molar-refractivity contribution in [2.24, 2.45) is 0 Å². The van der Waals surface area contributed by atoms with Crippen LogP contribution in [0.25, 0.3) is 0 Å². The number of rotatable bonds is 7. The van der Waals surface area contributed by atoms with E-state index in [9.17, 15) is 0 Å². The maximum atomic E-state index is 5.68. The normalized spacial score (nSPS) is 11.7. The van der Waals surface area contributed by atoms with Crippen molar-refractivity contribution in [2.45, 2.75) is 26.4 Å². The first kappa shape index (κ1) is 13.2. The molecule has 0 atom stereocenters. The number of ether oxygens (including phenoxy) is 1. The Balaban J connectivity index is 2.51. The van der Waals surface area contributed by atoms with E-state index < -0.39 is 0 Å². The number of aromatic nitrogens is 1. The van der Waals surface area contributed by atoms with Crippen LogP contribution in [0, 0.1) is 0 Å². The molecule has 0 saturated heterocycles. The van der Waals surface area contributed by atoms with Gasteiger partial charge in [-0.3, -0.25) is 4.98 Å². The van der Waals surface area contributed by atoms with Crippen LogP contribution >= 0.6 is 0 Å². The molecule has 0 saturated carbocycles. The summed E-state index contributed by atoms with van der Waals surface area (Å²) in [6.07, 6.45) is 13.5. The monoisotopic (exact) mass is 229 g/mol. The van der Waals surface area contributed by atoms with E-state index in [1.165, 1.54) is 0 Å². The summed E-state index contributed by atoms with van der Waals surface area (Å²) in [5.74, 6) is 0.831. The number of pyridine rings is 1. The van der Waals surface area contributed by atoms with Crippen LogP contribution < -0.4 is 0 Å². The van der Waals surface area contributed by atoms with Crippen molar-refractivity contribution in [3.63, 3.8) is 0 Å². The maximum absolute atomic E-state index is 5.68. The Labute approximate surface area is 103 Å². The van der Waals surface area contributed by atoms with Crippen LogP contribution in [-0.4, -0.2) is 4.98 Å². The molecule has 1 aromatic heterocycles. The number of allylic oxidation sites excluding steroid dienone is 4. The van der Waals surface area contributed by atoms with Gasteiger partial charge in [-0.2, -0.15) is 0 Å². The fourth-order valence-corrected chi connectivity index (χ4v) is 1.28. The van der Waals surface area contributed by atoms with E-state index in [4.69, 9.17) is 4.74 Å². The Morgan fingerprint density at radius 3 is 3.06 bits per heavy atom. The number of hydrogen-bond donors (Lipinski definition) is 0. The SMILES string of the molecule is C=C/C=C(\C=C/CCC)OCc1cccnc1. The Hall–Kier alpha value is -1.83. The molecule has 90 valence electrons. The van der Waals surface area contributed by atoms with E-state index in [2.05, 4.69) is 24.6 Å². The van der Waals surface area contributed by atoms with Crippen LogP contribution in [0.4, 0.5) is 0 Å². The van der Waals surface area contributed by atoms with Gasteiger partial charge in [-0.1, -0.05) is 38.1 Å². The van der Waals surface area contributed by atoms with Crippen LogP contribution in [0.15, 0.2) is 61.2 Å². The van der Waals surface area contributed by atoms with Gasteiger partial charge in [0.15, 0.2) is 0 Å². The highest BCUT2D eigenvalue weighted by Gasteiger charge is 1.94. The minimum absolute atomic E-state index is 0.532. The lowest BCUT2D eigenvalue weighted by molar-refractivity contribution is 0.211. The lowest BCUT2D eigenvalue weighted by atomic mass is 10.3. The standard InChI is InChI=1S/C15H19NO/c1-3-5-6-10-15(8-4-2)17-13-14-9-7-11-16-12-14/h4,6-12H,2-3,5,13H2,1H3/b10-6-,15-8+. The first-order valence-electron chi connectivity index (χ1n) is 5.87. The van der Waals surface area contributed by atoms with Gasteiger partial charge in [0.1, 0.15) is 12.4 Å². The number of hydrogen-bond acceptors (Lipinski definition) is 2. The van der Waals surface area contributed by atoms with Crippen molar-refractivity contribution >= 4 is 0 Å².